The first-order valence-electron chi connectivity index (χ1n) is 11.1. The topological polar surface area (TPSA) is 74.3 Å². The standard InChI is InChI=1S/C23H35FN4O2S2/c1-17(2)27-32(29,30)26-15-23(11-10-20-8-9-21(24)31-20)12-13-28(16-23)22(4,5)19-7-6-18(3)25-14-19/h6-9,14,17,26-27H,10-13,15-16H2,1-5H3/t23-/m0/s1. The monoisotopic (exact) mass is 482 g/mol. The Labute approximate surface area is 195 Å². The minimum atomic E-state index is -3.58. The van der Waals surface area contributed by atoms with Crippen molar-refractivity contribution in [2.24, 2.45) is 5.41 Å². The number of pyridine rings is 1. The summed E-state index contributed by atoms with van der Waals surface area (Å²) in [6.45, 7) is 11.9. The van der Waals surface area contributed by atoms with Gasteiger partial charge in [0, 0.05) is 41.4 Å². The number of aryl methyl sites for hydroxylation is 2. The van der Waals surface area contributed by atoms with E-state index < -0.39 is 10.2 Å². The predicted molar refractivity (Wildman–Crippen MR) is 128 cm³/mol. The summed E-state index contributed by atoms with van der Waals surface area (Å²) in [5, 5.41) is -0.183. The number of likely N-dealkylation sites (tertiary alicyclic amines) is 1. The first kappa shape index (κ1) is 25.2. The van der Waals surface area contributed by atoms with Gasteiger partial charge in [-0.05, 0) is 89.6 Å². The molecule has 32 heavy (non-hydrogen) atoms. The van der Waals surface area contributed by atoms with E-state index in [1.807, 2.05) is 25.3 Å². The normalized spacial score (nSPS) is 20.3. The molecule has 178 valence electrons. The number of rotatable bonds is 10. The summed E-state index contributed by atoms with van der Waals surface area (Å²) >= 11 is 1.17. The van der Waals surface area contributed by atoms with Crippen molar-refractivity contribution in [3.8, 4) is 0 Å². The Bertz CT molecular complexity index is 1010. The summed E-state index contributed by atoms with van der Waals surface area (Å²) in [5.74, 6) is 0. The van der Waals surface area contributed by atoms with E-state index in [2.05, 4.69) is 39.2 Å². The van der Waals surface area contributed by atoms with E-state index in [1.54, 1.807) is 13.8 Å². The van der Waals surface area contributed by atoms with Crippen molar-refractivity contribution in [3.63, 3.8) is 0 Å². The van der Waals surface area contributed by atoms with E-state index in [0.717, 1.165) is 48.5 Å². The van der Waals surface area contributed by atoms with Gasteiger partial charge in [0.1, 0.15) is 0 Å². The zero-order valence-corrected chi connectivity index (χ0v) is 21.2. The van der Waals surface area contributed by atoms with Gasteiger partial charge in [0.2, 0.25) is 0 Å². The molecule has 3 rings (SSSR count). The second-order valence-corrected chi connectivity index (χ2v) is 12.4. The highest BCUT2D eigenvalue weighted by atomic mass is 32.2. The summed E-state index contributed by atoms with van der Waals surface area (Å²) in [4.78, 5) is 7.87. The Morgan fingerprint density at radius 2 is 2.03 bits per heavy atom. The van der Waals surface area contributed by atoms with Gasteiger partial charge in [-0.3, -0.25) is 9.88 Å². The molecule has 2 aromatic heterocycles. The first-order valence-corrected chi connectivity index (χ1v) is 13.4. The van der Waals surface area contributed by atoms with Crippen LogP contribution in [0.2, 0.25) is 0 Å². The molecule has 0 bridgehead atoms. The van der Waals surface area contributed by atoms with Crippen LogP contribution in [0.25, 0.3) is 0 Å². The molecule has 0 aromatic carbocycles. The molecule has 0 radical (unpaired) electrons. The molecule has 6 nitrogen and oxygen atoms in total. The third kappa shape index (κ3) is 6.35. The molecule has 3 heterocycles. The van der Waals surface area contributed by atoms with Gasteiger partial charge in [0.25, 0.3) is 10.2 Å². The van der Waals surface area contributed by atoms with E-state index in [0.29, 0.717) is 6.54 Å². The van der Waals surface area contributed by atoms with Gasteiger partial charge >= 0.3 is 0 Å². The lowest BCUT2D eigenvalue weighted by Gasteiger charge is -2.38. The maximum Gasteiger partial charge on any atom is 0.277 e. The lowest BCUT2D eigenvalue weighted by molar-refractivity contribution is 0.128. The van der Waals surface area contributed by atoms with Crippen LogP contribution in [0.1, 0.15) is 56.7 Å². The molecule has 1 aliphatic heterocycles. The number of halogens is 1. The SMILES string of the molecule is Cc1ccc(C(C)(C)N2CC[C@@](CCc3ccc(F)s3)(CNS(=O)(=O)NC(C)C)C2)cn1. The Balaban J connectivity index is 1.78. The van der Waals surface area contributed by atoms with Crippen LogP contribution in [0.15, 0.2) is 30.5 Å². The molecule has 0 aliphatic carbocycles. The average molecular weight is 483 g/mol. The van der Waals surface area contributed by atoms with Crippen molar-refractivity contribution < 1.29 is 12.8 Å². The summed E-state index contributed by atoms with van der Waals surface area (Å²) in [6.07, 6.45) is 4.32. The van der Waals surface area contributed by atoms with Crippen molar-refractivity contribution in [2.75, 3.05) is 19.6 Å². The van der Waals surface area contributed by atoms with Crippen LogP contribution in [0.3, 0.4) is 0 Å². The number of hydrogen-bond acceptors (Lipinski definition) is 5. The number of nitrogens with zero attached hydrogens (tertiary/aromatic N) is 2. The van der Waals surface area contributed by atoms with E-state index in [1.165, 1.54) is 17.4 Å². The molecular weight excluding hydrogens is 447 g/mol. The van der Waals surface area contributed by atoms with Gasteiger partial charge in [-0.25, -0.2) is 4.72 Å². The molecule has 0 spiro atoms. The largest absolute Gasteiger partial charge is 0.293 e. The summed E-state index contributed by atoms with van der Waals surface area (Å²) in [6, 6.07) is 7.29. The van der Waals surface area contributed by atoms with Gasteiger partial charge < -0.3 is 0 Å². The summed E-state index contributed by atoms with van der Waals surface area (Å²) in [5.41, 5.74) is 1.66. The van der Waals surface area contributed by atoms with Crippen LogP contribution >= 0.6 is 11.3 Å². The van der Waals surface area contributed by atoms with Gasteiger partial charge in [-0.15, -0.1) is 11.3 Å². The zero-order chi connectivity index (χ0) is 23.6. The Morgan fingerprint density at radius 3 is 2.62 bits per heavy atom. The number of aromatic nitrogens is 1. The fourth-order valence-electron chi connectivity index (χ4n) is 4.34. The van der Waals surface area contributed by atoms with Gasteiger partial charge in [0.15, 0.2) is 5.13 Å². The highest BCUT2D eigenvalue weighted by Gasteiger charge is 2.44. The molecule has 0 amide bonds. The Hall–Kier alpha value is -1.39. The molecule has 1 aliphatic rings. The smallest absolute Gasteiger partial charge is 0.277 e. The van der Waals surface area contributed by atoms with Crippen molar-refractivity contribution >= 4 is 21.5 Å². The van der Waals surface area contributed by atoms with Gasteiger partial charge in [0.05, 0.1) is 0 Å². The van der Waals surface area contributed by atoms with E-state index >= 15 is 0 Å². The van der Waals surface area contributed by atoms with Crippen LogP contribution in [-0.4, -0.2) is 44.0 Å². The van der Waals surface area contributed by atoms with Gasteiger partial charge in [-0.2, -0.15) is 17.5 Å². The molecular formula is C23H35FN4O2S2. The number of hydrogen-bond donors (Lipinski definition) is 2. The average Bonchev–Trinajstić information content (AvgIpc) is 3.32. The van der Waals surface area contributed by atoms with E-state index in [9.17, 15) is 12.8 Å². The van der Waals surface area contributed by atoms with Crippen LogP contribution in [0, 0.1) is 17.5 Å². The van der Waals surface area contributed by atoms with Crippen LogP contribution in [-0.2, 0) is 22.2 Å². The van der Waals surface area contributed by atoms with Crippen molar-refractivity contribution in [3.05, 3.63) is 51.7 Å². The molecule has 1 atom stereocenters. The number of nitrogens with one attached hydrogen (secondary N) is 2. The third-order valence-electron chi connectivity index (χ3n) is 6.41. The number of thiophene rings is 1. The van der Waals surface area contributed by atoms with Crippen LogP contribution in [0.4, 0.5) is 4.39 Å². The molecule has 1 saturated heterocycles. The minimum Gasteiger partial charge on any atom is -0.293 e. The quantitative estimate of drug-likeness (QED) is 0.537. The maximum atomic E-state index is 13.5. The van der Waals surface area contributed by atoms with Gasteiger partial charge in [-0.1, -0.05) is 6.07 Å². The fraction of sp³-hybridized carbons (Fsp3) is 0.609. The summed E-state index contributed by atoms with van der Waals surface area (Å²) in [7, 11) is -3.58. The highest BCUT2D eigenvalue weighted by molar-refractivity contribution is 7.87. The molecule has 2 N–H and O–H groups in total. The fourth-order valence-corrected chi connectivity index (χ4v) is 6.26. The van der Waals surface area contributed by atoms with Crippen molar-refractivity contribution in [1.29, 1.82) is 0 Å². The third-order valence-corrected chi connectivity index (χ3v) is 8.64. The summed E-state index contributed by atoms with van der Waals surface area (Å²) < 4.78 is 43.8. The molecule has 9 heteroatoms. The minimum absolute atomic E-state index is 0.175. The predicted octanol–water partition coefficient (Wildman–Crippen LogP) is 3.98. The molecule has 0 unspecified atom stereocenters. The van der Waals surface area contributed by atoms with Crippen molar-refractivity contribution in [1.82, 2.24) is 19.3 Å². The van der Waals surface area contributed by atoms with Crippen molar-refractivity contribution in [2.45, 2.75) is 65.5 Å². The second-order valence-electron chi connectivity index (χ2n) is 9.72. The second kappa shape index (κ2) is 9.85. The molecule has 2 aromatic rings. The lowest BCUT2D eigenvalue weighted by atomic mass is 9.82. The molecule has 0 saturated carbocycles. The first-order chi connectivity index (χ1) is 14.9. The van der Waals surface area contributed by atoms with E-state index in [4.69, 9.17) is 0 Å². The molecule has 1 fully saturated rings. The maximum absolute atomic E-state index is 13.5. The van der Waals surface area contributed by atoms with E-state index in [-0.39, 0.29) is 22.1 Å². The Morgan fingerprint density at radius 1 is 1.28 bits per heavy atom. The van der Waals surface area contributed by atoms with Crippen LogP contribution in [0.5, 0.6) is 0 Å². The Kier molecular flexibility index (Phi) is 7.77. The highest BCUT2D eigenvalue weighted by Crippen LogP contribution is 2.41. The van der Waals surface area contributed by atoms with Crippen LogP contribution < -0.4 is 9.44 Å². The lowest BCUT2D eigenvalue weighted by Crippen LogP contribution is -2.47. The zero-order valence-electron chi connectivity index (χ0n) is 19.6.